The Morgan fingerprint density at radius 1 is 1.37 bits per heavy atom. The summed E-state index contributed by atoms with van der Waals surface area (Å²) >= 11 is 0. The van der Waals surface area contributed by atoms with E-state index < -0.39 is 0 Å². The summed E-state index contributed by atoms with van der Waals surface area (Å²) in [6, 6.07) is 6.72. The van der Waals surface area contributed by atoms with Gasteiger partial charge >= 0.3 is 0 Å². The van der Waals surface area contributed by atoms with E-state index in [1.807, 2.05) is 6.07 Å². The first kappa shape index (κ1) is 12.4. The fourth-order valence-corrected chi connectivity index (χ4v) is 2.64. The van der Waals surface area contributed by atoms with Crippen LogP contribution in [0.3, 0.4) is 0 Å². The minimum Gasteiger partial charge on any atom is -0.370 e. The average Bonchev–Trinajstić information content (AvgIpc) is 2.92. The van der Waals surface area contributed by atoms with Crippen LogP contribution in [0.5, 0.6) is 0 Å². The number of rotatable bonds is 4. The Morgan fingerprint density at radius 3 is 3.16 bits per heavy atom. The normalized spacial score (nSPS) is 18.9. The molecule has 3 nitrogen and oxygen atoms in total. The van der Waals surface area contributed by atoms with Crippen molar-refractivity contribution in [2.75, 3.05) is 25.0 Å². The minimum atomic E-state index is -0.219. The largest absolute Gasteiger partial charge is 0.370 e. The topological polar surface area (TPSA) is 37.0 Å². The molecule has 2 aromatic rings. The average molecular weight is 259 g/mol. The molecule has 1 saturated heterocycles. The van der Waals surface area contributed by atoms with Gasteiger partial charge in [0.25, 0.3) is 0 Å². The number of pyridine rings is 1. The van der Waals surface area contributed by atoms with Crippen LogP contribution in [0.25, 0.3) is 10.8 Å². The first-order chi connectivity index (χ1) is 9.33. The predicted octanol–water partition coefficient (Wildman–Crippen LogP) is 2.79. The zero-order valence-electron chi connectivity index (χ0n) is 10.8. The van der Waals surface area contributed by atoms with Gasteiger partial charge in [-0.1, -0.05) is 6.07 Å². The monoisotopic (exact) mass is 259 g/mol. The van der Waals surface area contributed by atoms with Gasteiger partial charge in [0.2, 0.25) is 0 Å². The molecule has 1 unspecified atom stereocenters. The Kier molecular flexibility index (Phi) is 3.60. The number of benzene rings is 1. The molecule has 1 aliphatic rings. The fourth-order valence-electron chi connectivity index (χ4n) is 2.64. The molecule has 0 bridgehead atoms. The van der Waals surface area contributed by atoms with Crippen LogP contribution in [0.1, 0.15) is 12.8 Å². The second-order valence-electron chi connectivity index (χ2n) is 5.10. The Morgan fingerprint density at radius 2 is 2.32 bits per heavy atom. The molecule has 100 valence electrons. The Bertz CT molecular complexity index is 564. The molecular weight excluding hydrogens is 241 g/mol. The van der Waals surface area contributed by atoms with Gasteiger partial charge < -0.3 is 10.6 Å². The third-order valence-corrected chi connectivity index (χ3v) is 3.74. The molecule has 0 amide bonds. The minimum absolute atomic E-state index is 0.219. The molecule has 1 aromatic heterocycles. The summed E-state index contributed by atoms with van der Waals surface area (Å²) in [5.41, 5.74) is 0. The maximum atomic E-state index is 13.3. The number of nitrogens with one attached hydrogen (secondary N) is 2. The van der Waals surface area contributed by atoms with Crippen LogP contribution in [0.2, 0.25) is 0 Å². The maximum Gasteiger partial charge on any atom is 0.133 e. The molecule has 2 heterocycles. The quantitative estimate of drug-likeness (QED) is 0.886. The smallest absolute Gasteiger partial charge is 0.133 e. The molecule has 3 rings (SSSR count). The van der Waals surface area contributed by atoms with Gasteiger partial charge in [0.05, 0.1) is 0 Å². The lowest BCUT2D eigenvalue weighted by molar-refractivity contribution is 0.549. The molecule has 1 fully saturated rings. The zero-order chi connectivity index (χ0) is 13.1. The van der Waals surface area contributed by atoms with E-state index in [0.717, 1.165) is 48.6 Å². The number of hydrogen-bond donors (Lipinski definition) is 2. The second-order valence-corrected chi connectivity index (χ2v) is 5.10. The molecular formula is C15H18FN3. The van der Waals surface area contributed by atoms with Gasteiger partial charge in [-0.05, 0) is 55.4 Å². The number of hydrogen-bond acceptors (Lipinski definition) is 3. The summed E-state index contributed by atoms with van der Waals surface area (Å²) in [6.45, 7) is 3.12. The summed E-state index contributed by atoms with van der Waals surface area (Å²) < 4.78 is 13.3. The van der Waals surface area contributed by atoms with Gasteiger partial charge in [-0.3, -0.25) is 0 Å². The van der Waals surface area contributed by atoms with Gasteiger partial charge in [0, 0.05) is 18.1 Å². The third kappa shape index (κ3) is 2.84. The van der Waals surface area contributed by atoms with Crippen molar-refractivity contribution in [2.24, 2.45) is 5.92 Å². The lowest BCUT2D eigenvalue weighted by Crippen LogP contribution is -2.13. The number of aromatic nitrogens is 1. The van der Waals surface area contributed by atoms with Crippen molar-refractivity contribution in [1.82, 2.24) is 10.3 Å². The highest BCUT2D eigenvalue weighted by Crippen LogP contribution is 2.22. The van der Waals surface area contributed by atoms with Crippen molar-refractivity contribution in [2.45, 2.75) is 12.8 Å². The van der Waals surface area contributed by atoms with Crippen LogP contribution in [0.15, 0.2) is 30.5 Å². The number of fused-ring (bicyclic) bond motifs is 1. The van der Waals surface area contributed by atoms with E-state index in [-0.39, 0.29) is 5.82 Å². The van der Waals surface area contributed by atoms with Gasteiger partial charge in [0.15, 0.2) is 0 Å². The van der Waals surface area contributed by atoms with Crippen LogP contribution < -0.4 is 10.6 Å². The fraction of sp³-hybridized carbons (Fsp3) is 0.400. The van der Waals surface area contributed by atoms with Gasteiger partial charge in [-0.25, -0.2) is 9.37 Å². The zero-order valence-corrected chi connectivity index (χ0v) is 10.8. The Hall–Kier alpha value is -1.68. The summed E-state index contributed by atoms with van der Waals surface area (Å²) in [4.78, 5) is 4.32. The van der Waals surface area contributed by atoms with Crippen LogP contribution in [0.4, 0.5) is 10.2 Å². The predicted molar refractivity (Wildman–Crippen MR) is 75.8 cm³/mol. The van der Waals surface area contributed by atoms with Gasteiger partial charge in [0.1, 0.15) is 11.6 Å². The molecule has 0 aliphatic carbocycles. The summed E-state index contributed by atoms with van der Waals surface area (Å²) in [5.74, 6) is 1.31. The second kappa shape index (κ2) is 5.53. The third-order valence-electron chi connectivity index (χ3n) is 3.74. The molecule has 19 heavy (non-hydrogen) atoms. The highest BCUT2D eigenvalue weighted by molar-refractivity contribution is 5.91. The lowest BCUT2D eigenvalue weighted by atomic mass is 10.1. The van der Waals surface area contributed by atoms with Crippen molar-refractivity contribution < 1.29 is 4.39 Å². The van der Waals surface area contributed by atoms with Crippen LogP contribution in [-0.4, -0.2) is 24.6 Å². The van der Waals surface area contributed by atoms with E-state index in [1.165, 1.54) is 12.5 Å². The maximum absolute atomic E-state index is 13.3. The summed E-state index contributed by atoms with van der Waals surface area (Å²) in [5, 5.41) is 8.57. The van der Waals surface area contributed by atoms with Crippen molar-refractivity contribution in [1.29, 1.82) is 0 Å². The van der Waals surface area contributed by atoms with Crippen LogP contribution in [-0.2, 0) is 0 Å². The molecule has 1 aromatic carbocycles. The lowest BCUT2D eigenvalue weighted by Gasteiger charge is -2.11. The van der Waals surface area contributed by atoms with E-state index >= 15 is 0 Å². The van der Waals surface area contributed by atoms with Crippen LogP contribution >= 0.6 is 0 Å². The van der Waals surface area contributed by atoms with E-state index in [0.29, 0.717) is 0 Å². The Labute approximate surface area is 112 Å². The van der Waals surface area contributed by atoms with Crippen LogP contribution in [0, 0.1) is 11.7 Å². The standard InChI is InChI=1S/C15H18FN3/c16-13-2-1-12-5-8-19-15(14(12)9-13)18-7-4-11-3-6-17-10-11/h1-2,5,8-9,11,17H,3-4,6-7,10H2,(H,18,19). The van der Waals surface area contributed by atoms with E-state index in [2.05, 4.69) is 15.6 Å². The number of halogens is 1. The van der Waals surface area contributed by atoms with Crippen molar-refractivity contribution in [3.8, 4) is 0 Å². The molecule has 0 radical (unpaired) electrons. The summed E-state index contributed by atoms with van der Waals surface area (Å²) in [6.07, 6.45) is 4.14. The molecule has 1 atom stereocenters. The highest BCUT2D eigenvalue weighted by Gasteiger charge is 2.13. The van der Waals surface area contributed by atoms with E-state index in [9.17, 15) is 4.39 Å². The molecule has 1 aliphatic heterocycles. The SMILES string of the molecule is Fc1ccc2ccnc(NCCC3CCNC3)c2c1. The first-order valence-corrected chi connectivity index (χ1v) is 6.82. The van der Waals surface area contributed by atoms with Gasteiger partial charge in [-0.15, -0.1) is 0 Å². The number of anilines is 1. The molecule has 2 N–H and O–H groups in total. The Balaban J connectivity index is 1.71. The molecule has 4 heteroatoms. The summed E-state index contributed by atoms with van der Waals surface area (Å²) in [7, 11) is 0. The van der Waals surface area contributed by atoms with Crippen molar-refractivity contribution >= 4 is 16.6 Å². The highest BCUT2D eigenvalue weighted by atomic mass is 19.1. The molecule has 0 saturated carbocycles. The van der Waals surface area contributed by atoms with E-state index in [1.54, 1.807) is 18.3 Å². The van der Waals surface area contributed by atoms with Crippen molar-refractivity contribution in [3.63, 3.8) is 0 Å². The van der Waals surface area contributed by atoms with E-state index in [4.69, 9.17) is 0 Å². The van der Waals surface area contributed by atoms with Crippen molar-refractivity contribution in [3.05, 3.63) is 36.3 Å². The first-order valence-electron chi connectivity index (χ1n) is 6.82. The molecule has 0 spiro atoms. The number of nitrogens with zero attached hydrogens (tertiary/aromatic N) is 1. The van der Waals surface area contributed by atoms with Gasteiger partial charge in [-0.2, -0.15) is 0 Å².